The molecule has 14 nitrogen and oxygen atoms in total. The SMILES string of the molecule is CC(C)(C)OC(=O)Nc1nc(C(=NOC(C)(C)C(=O)O)C(=O)N[C@@H]2C(=O)N[C@@H]2CNCCO[Si](C)(C)C(C)(C)C)cs1. The van der Waals surface area contributed by atoms with E-state index >= 15 is 0 Å². The number of anilines is 1. The van der Waals surface area contributed by atoms with Crippen molar-refractivity contribution in [3.63, 3.8) is 0 Å². The lowest BCUT2D eigenvalue weighted by Crippen LogP contribution is -2.72. The van der Waals surface area contributed by atoms with E-state index in [1.165, 1.54) is 19.2 Å². The van der Waals surface area contributed by atoms with E-state index in [-0.39, 0.29) is 27.5 Å². The molecule has 42 heavy (non-hydrogen) atoms. The van der Waals surface area contributed by atoms with Gasteiger partial charge in [-0.15, -0.1) is 11.3 Å². The fourth-order valence-corrected chi connectivity index (χ4v) is 4.80. The van der Waals surface area contributed by atoms with Crippen LogP contribution in [-0.4, -0.2) is 91.0 Å². The molecular formula is C26H44N6O8SSi. The number of carbonyl (C=O) groups excluding carboxylic acids is 3. The van der Waals surface area contributed by atoms with Crippen molar-refractivity contribution in [3.05, 3.63) is 11.1 Å². The number of nitrogens with one attached hydrogen (secondary N) is 4. The monoisotopic (exact) mass is 628 g/mol. The molecule has 0 spiro atoms. The lowest BCUT2D eigenvalue weighted by Gasteiger charge is -2.38. The van der Waals surface area contributed by atoms with Gasteiger partial charge in [0.1, 0.15) is 17.3 Å². The summed E-state index contributed by atoms with van der Waals surface area (Å²) in [6.07, 6.45) is -0.745. The van der Waals surface area contributed by atoms with Crippen LogP contribution in [0.5, 0.6) is 0 Å². The quantitative estimate of drug-likeness (QED) is 0.0714. The van der Waals surface area contributed by atoms with Gasteiger partial charge in [0.25, 0.3) is 5.91 Å². The highest BCUT2D eigenvalue weighted by Crippen LogP contribution is 2.36. The Kier molecular flexibility index (Phi) is 11.3. The summed E-state index contributed by atoms with van der Waals surface area (Å²) < 4.78 is 11.4. The molecule has 2 heterocycles. The molecular weight excluding hydrogens is 584 g/mol. The molecule has 1 aromatic heterocycles. The first-order chi connectivity index (χ1) is 19.1. The van der Waals surface area contributed by atoms with Gasteiger partial charge in [-0.05, 0) is 52.8 Å². The Morgan fingerprint density at radius 1 is 1.14 bits per heavy atom. The van der Waals surface area contributed by atoms with Gasteiger partial charge in [0, 0.05) is 25.1 Å². The second kappa shape index (κ2) is 13.5. The average molecular weight is 629 g/mol. The third-order valence-electron chi connectivity index (χ3n) is 6.66. The van der Waals surface area contributed by atoms with Crippen molar-refractivity contribution < 1.29 is 38.3 Å². The Labute approximate surface area is 251 Å². The van der Waals surface area contributed by atoms with Crippen LogP contribution in [0.1, 0.15) is 61.1 Å². The smallest absolute Gasteiger partial charge is 0.413 e. The number of carboxylic acids is 1. The molecule has 1 fully saturated rings. The molecule has 0 aromatic carbocycles. The number of ether oxygens (including phenoxy) is 1. The minimum absolute atomic E-state index is 0.00179. The molecule has 1 saturated heterocycles. The number of oxime groups is 1. The molecule has 16 heteroatoms. The maximum absolute atomic E-state index is 13.3. The molecule has 1 aliphatic heterocycles. The maximum atomic E-state index is 13.3. The van der Waals surface area contributed by atoms with Crippen LogP contribution >= 0.6 is 11.3 Å². The molecule has 1 aromatic rings. The summed E-state index contributed by atoms with van der Waals surface area (Å²) >= 11 is 0.994. The number of nitrogens with zero attached hydrogens (tertiary/aromatic N) is 2. The highest BCUT2D eigenvalue weighted by Gasteiger charge is 2.41. The van der Waals surface area contributed by atoms with Gasteiger partial charge >= 0.3 is 12.1 Å². The molecule has 2 atom stereocenters. The molecule has 0 bridgehead atoms. The van der Waals surface area contributed by atoms with Crippen LogP contribution in [0.4, 0.5) is 9.93 Å². The van der Waals surface area contributed by atoms with E-state index in [1.54, 1.807) is 20.8 Å². The van der Waals surface area contributed by atoms with Gasteiger partial charge in [0.05, 0.1) is 6.04 Å². The third-order valence-corrected chi connectivity index (χ3v) is 12.0. The largest absolute Gasteiger partial charge is 0.478 e. The van der Waals surface area contributed by atoms with E-state index in [0.717, 1.165) is 11.3 Å². The zero-order chi connectivity index (χ0) is 32.1. The zero-order valence-electron chi connectivity index (χ0n) is 26.0. The minimum atomic E-state index is -1.88. The van der Waals surface area contributed by atoms with Crippen molar-refractivity contribution >= 4 is 54.4 Å². The predicted molar refractivity (Wildman–Crippen MR) is 161 cm³/mol. The predicted octanol–water partition coefficient (Wildman–Crippen LogP) is 2.67. The van der Waals surface area contributed by atoms with Gasteiger partial charge in [-0.3, -0.25) is 14.9 Å². The number of β-lactam (4-membered cyclic amide) rings is 1. The second-order valence-corrected chi connectivity index (χ2v) is 18.6. The second-order valence-electron chi connectivity index (χ2n) is 12.9. The molecule has 5 N–H and O–H groups in total. The van der Waals surface area contributed by atoms with E-state index in [9.17, 15) is 24.3 Å². The standard InChI is InChI=1S/C26H44N6O8SSi/c1-24(2,3)39-23(37)31-22-29-16(14-41-22)18(32-40-26(7,8)21(35)36)20(34)30-17-15(28-19(17)33)13-27-11-12-38-42(9,10)25(4,5)6/h14-15,17,27H,11-13H2,1-10H3,(H,28,33)(H,30,34)(H,35,36)(H,29,31,37)/t15-,17+/m1/s1. The van der Waals surface area contributed by atoms with E-state index in [0.29, 0.717) is 19.7 Å². The van der Waals surface area contributed by atoms with Crippen molar-refractivity contribution in [2.75, 3.05) is 25.0 Å². The molecule has 0 unspecified atom stereocenters. The van der Waals surface area contributed by atoms with Crippen LogP contribution in [0.2, 0.25) is 18.1 Å². The first-order valence-corrected chi connectivity index (χ1v) is 17.3. The molecule has 0 radical (unpaired) electrons. The van der Waals surface area contributed by atoms with Crippen LogP contribution < -0.4 is 21.3 Å². The van der Waals surface area contributed by atoms with Gasteiger partial charge in [0.2, 0.25) is 11.5 Å². The summed E-state index contributed by atoms with van der Waals surface area (Å²) in [7, 11) is -1.88. The van der Waals surface area contributed by atoms with Crippen molar-refractivity contribution in [1.82, 2.24) is 20.9 Å². The molecule has 3 amide bonds. The van der Waals surface area contributed by atoms with Gasteiger partial charge in [-0.1, -0.05) is 25.9 Å². The highest BCUT2D eigenvalue weighted by atomic mass is 32.1. The van der Waals surface area contributed by atoms with Crippen LogP contribution in [0.15, 0.2) is 10.5 Å². The Morgan fingerprint density at radius 2 is 1.79 bits per heavy atom. The van der Waals surface area contributed by atoms with Gasteiger partial charge in [0.15, 0.2) is 19.2 Å². The van der Waals surface area contributed by atoms with Crippen LogP contribution in [0.25, 0.3) is 0 Å². The fourth-order valence-electron chi connectivity index (χ4n) is 3.07. The fraction of sp³-hybridized carbons (Fsp3) is 0.692. The summed E-state index contributed by atoms with van der Waals surface area (Å²) in [5.41, 5.74) is -2.86. The summed E-state index contributed by atoms with van der Waals surface area (Å²) in [4.78, 5) is 58.6. The topological polar surface area (TPSA) is 190 Å². The Morgan fingerprint density at radius 3 is 2.33 bits per heavy atom. The van der Waals surface area contributed by atoms with E-state index < -0.39 is 49.6 Å². The Bertz CT molecular complexity index is 1190. The van der Waals surface area contributed by atoms with Crippen molar-refractivity contribution in [2.24, 2.45) is 5.16 Å². The van der Waals surface area contributed by atoms with Crippen LogP contribution in [0, 0.1) is 0 Å². The molecule has 0 saturated carbocycles. The zero-order valence-corrected chi connectivity index (χ0v) is 27.8. The number of carboxylic acid groups (broad SMARTS) is 1. The van der Waals surface area contributed by atoms with Gasteiger partial charge < -0.3 is 35.1 Å². The number of thiazole rings is 1. The summed E-state index contributed by atoms with van der Waals surface area (Å²) in [6, 6.07) is -1.27. The molecule has 1 aliphatic rings. The molecule has 2 rings (SSSR count). The molecule has 236 valence electrons. The lowest BCUT2D eigenvalue weighted by atomic mass is 9.98. The van der Waals surface area contributed by atoms with Gasteiger partial charge in [-0.25, -0.2) is 14.6 Å². The van der Waals surface area contributed by atoms with Crippen molar-refractivity contribution in [1.29, 1.82) is 0 Å². The van der Waals surface area contributed by atoms with E-state index in [4.69, 9.17) is 14.0 Å². The number of rotatable bonds is 13. The first-order valence-electron chi connectivity index (χ1n) is 13.5. The average Bonchev–Trinajstić information content (AvgIpc) is 3.27. The first kappa shape index (κ1) is 35.1. The summed E-state index contributed by atoms with van der Waals surface area (Å²) in [5, 5.41) is 25.9. The summed E-state index contributed by atoms with van der Waals surface area (Å²) in [6.45, 7) is 20.0. The lowest BCUT2D eigenvalue weighted by molar-refractivity contribution is -0.161. The number of aromatic nitrogens is 1. The molecule has 0 aliphatic carbocycles. The van der Waals surface area contributed by atoms with Crippen LogP contribution in [-0.2, 0) is 28.4 Å². The number of amides is 3. The van der Waals surface area contributed by atoms with Crippen LogP contribution in [0.3, 0.4) is 0 Å². The van der Waals surface area contributed by atoms with E-state index in [1.807, 2.05) is 0 Å². The maximum Gasteiger partial charge on any atom is 0.413 e. The number of hydrogen-bond acceptors (Lipinski definition) is 11. The minimum Gasteiger partial charge on any atom is -0.478 e. The normalized spacial score (nSPS) is 18.0. The number of hydrogen-bond donors (Lipinski definition) is 5. The number of carbonyl (C=O) groups is 4. The van der Waals surface area contributed by atoms with Gasteiger partial charge in [-0.2, -0.15) is 0 Å². The Balaban J connectivity index is 2.10. The van der Waals surface area contributed by atoms with E-state index in [2.05, 4.69) is 65.3 Å². The third kappa shape index (κ3) is 10.0. The number of aliphatic carboxylic acids is 1. The summed E-state index contributed by atoms with van der Waals surface area (Å²) in [5.74, 6) is -2.50. The Hall–Kier alpha value is -3.08. The van der Waals surface area contributed by atoms with Crippen molar-refractivity contribution in [3.8, 4) is 0 Å². The van der Waals surface area contributed by atoms with Crippen molar-refractivity contribution in [2.45, 2.75) is 96.8 Å². The highest BCUT2D eigenvalue weighted by molar-refractivity contribution is 7.14.